The lowest BCUT2D eigenvalue weighted by Crippen LogP contribution is -2.55. The van der Waals surface area contributed by atoms with E-state index < -0.39 is 41.5 Å². The fraction of sp³-hybridized carbons (Fsp3) is 0.314. The number of fused-ring (bicyclic) bond motifs is 1. The van der Waals surface area contributed by atoms with Crippen LogP contribution >= 0.6 is 0 Å². The maximum Gasteiger partial charge on any atom is 0.433 e. The molecule has 0 radical (unpaired) electrons. The Morgan fingerprint density at radius 3 is 2.51 bits per heavy atom. The third-order valence-corrected chi connectivity index (χ3v) is 8.73. The Morgan fingerprint density at radius 2 is 1.84 bits per heavy atom. The van der Waals surface area contributed by atoms with Gasteiger partial charge in [-0.1, -0.05) is 48.5 Å². The van der Waals surface area contributed by atoms with Gasteiger partial charge in [-0.3, -0.25) is 24.2 Å². The molecule has 6 rings (SSSR count). The number of likely N-dealkylation sites (N-methyl/N-ethyl adjacent to an activating group) is 1. The van der Waals surface area contributed by atoms with Crippen molar-refractivity contribution in [3.63, 3.8) is 0 Å². The lowest BCUT2D eigenvalue weighted by atomic mass is 9.82. The third-order valence-electron chi connectivity index (χ3n) is 8.73. The number of nitrogens with one attached hydrogen (secondary N) is 2. The van der Waals surface area contributed by atoms with E-state index in [9.17, 15) is 27.6 Å². The van der Waals surface area contributed by atoms with Crippen molar-refractivity contribution in [3.05, 3.63) is 113 Å². The molecule has 254 valence electrons. The Hall–Kier alpha value is -5.37. The van der Waals surface area contributed by atoms with Crippen LogP contribution < -0.4 is 15.5 Å². The molecule has 2 aliphatic rings. The van der Waals surface area contributed by atoms with E-state index >= 15 is 0 Å². The first-order valence-electron chi connectivity index (χ1n) is 16.0. The molecule has 2 atom stereocenters. The normalized spacial score (nSPS) is 18.1. The first-order chi connectivity index (χ1) is 23.6. The zero-order valence-corrected chi connectivity index (χ0v) is 26.9. The summed E-state index contributed by atoms with van der Waals surface area (Å²) in [7, 11) is 0. The highest BCUT2D eigenvalue weighted by Crippen LogP contribution is 2.41. The second-order valence-electron chi connectivity index (χ2n) is 11.8. The van der Waals surface area contributed by atoms with Gasteiger partial charge < -0.3 is 10.6 Å². The van der Waals surface area contributed by atoms with Gasteiger partial charge in [-0.05, 0) is 62.7 Å². The minimum absolute atomic E-state index is 0.177. The standard InChI is InChI=1S/C35H35F3N8O3/c1-3-23(21-44-16-9-17-44)31(47)40-19-22-10-8-11-24(18-22)28-26-20-41-46(25-12-6-5-7-13-25)33(26)45(4-2)34(49)29(28)43-32(48)30-39-15-14-27(42-30)35(36,37)38/h3,5-8,10-15,18,20,28-29H,4,9,16-17,19,21H2,1-2H3,(H,40,47)(H,43,48)/b23-3+/t28-,29+/m1/s1. The lowest BCUT2D eigenvalue weighted by Gasteiger charge is -2.38. The van der Waals surface area contributed by atoms with Crippen LogP contribution in [0, 0.1) is 0 Å². The molecule has 14 heteroatoms. The zero-order valence-electron chi connectivity index (χ0n) is 26.9. The molecule has 0 spiro atoms. The van der Waals surface area contributed by atoms with Crippen molar-refractivity contribution in [1.82, 2.24) is 35.3 Å². The summed E-state index contributed by atoms with van der Waals surface area (Å²) in [5.41, 5.74) is 2.11. The van der Waals surface area contributed by atoms with E-state index in [0.717, 1.165) is 31.3 Å². The van der Waals surface area contributed by atoms with E-state index in [2.05, 4.69) is 30.6 Å². The molecule has 1 fully saturated rings. The molecule has 0 aliphatic carbocycles. The van der Waals surface area contributed by atoms with E-state index in [1.165, 1.54) is 4.90 Å². The molecule has 0 bridgehead atoms. The van der Waals surface area contributed by atoms with Gasteiger partial charge in [0, 0.05) is 42.9 Å². The van der Waals surface area contributed by atoms with E-state index in [0.29, 0.717) is 40.8 Å². The molecule has 0 unspecified atom stereocenters. The van der Waals surface area contributed by atoms with Crippen molar-refractivity contribution in [2.24, 2.45) is 0 Å². The fourth-order valence-corrected chi connectivity index (χ4v) is 6.12. The van der Waals surface area contributed by atoms with Crippen molar-refractivity contribution < 1.29 is 27.6 Å². The first kappa shape index (κ1) is 33.5. The first-order valence-corrected chi connectivity index (χ1v) is 16.0. The SMILES string of the molecule is C/C=C(\CN1CCC1)C(=O)NCc1cccc([C@@H]2c3cnn(-c4ccccc4)c3N(CC)C(=O)[C@H]2NC(=O)c2nccc(C(F)(F)F)n2)c1. The van der Waals surface area contributed by atoms with Crippen LogP contribution in [0.4, 0.5) is 19.0 Å². The Morgan fingerprint density at radius 1 is 1.06 bits per heavy atom. The van der Waals surface area contributed by atoms with Gasteiger partial charge in [-0.15, -0.1) is 0 Å². The average Bonchev–Trinajstić information content (AvgIpc) is 3.52. The molecule has 2 aliphatic heterocycles. The van der Waals surface area contributed by atoms with Crippen LogP contribution in [0.3, 0.4) is 0 Å². The predicted octanol–water partition coefficient (Wildman–Crippen LogP) is 4.25. The van der Waals surface area contributed by atoms with Crippen LogP contribution in [-0.2, 0) is 22.3 Å². The average molecular weight is 673 g/mol. The quantitative estimate of drug-likeness (QED) is 0.242. The number of aromatic nitrogens is 4. The molecule has 4 heterocycles. The van der Waals surface area contributed by atoms with Crippen LogP contribution in [0.25, 0.3) is 5.69 Å². The summed E-state index contributed by atoms with van der Waals surface area (Å²) in [4.78, 5) is 51.6. The van der Waals surface area contributed by atoms with Crippen molar-refractivity contribution in [1.29, 1.82) is 0 Å². The number of hydrogen-bond donors (Lipinski definition) is 2. The maximum atomic E-state index is 14.3. The highest BCUT2D eigenvalue weighted by molar-refractivity contribution is 6.04. The number of halogens is 3. The number of nitrogens with zero attached hydrogens (tertiary/aromatic N) is 6. The van der Waals surface area contributed by atoms with Crippen molar-refractivity contribution in [3.8, 4) is 5.69 Å². The summed E-state index contributed by atoms with van der Waals surface area (Å²) in [5, 5.41) is 10.3. The fourth-order valence-electron chi connectivity index (χ4n) is 6.12. The number of amides is 3. The molecule has 2 aromatic carbocycles. The number of anilines is 1. The number of para-hydroxylation sites is 1. The van der Waals surface area contributed by atoms with Gasteiger partial charge in [0.25, 0.3) is 11.8 Å². The number of allylic oxidation sites excluding steroid dienone is 1. The molecule has 0 saturated carbocycles. The van der Waals surface area contributed by atoms with Crippen LogP contribution in [0.5, 0.6) is 0 Å². The minimum Gasteiger partial charge on any atom is -0.348 e. The van der Waals surface area contributed by atoms with Gasteiger partial charge in [0.05, 0.1) is 11.9 Å². The summed E-state index contributed by atoms with van der Waals surface area (Å²) >= 11 is 0. The molecule has 4 aromatic rings. The Bertz CT molecular complexity index is 1890. The topological polar surface area (TPSA) is 125 Å². The number of carbonyl (C=O) groups is 3. The number of rotatable bonds is 10. The summed E-state index contributed by atoms with van der Waals surface area (Å²) in [6.07, 6.45) is 0.617. The molecular weight excluding hydrogens is 637 g/mol. The molecule has 2 N–H and O–H groups in total. The number of hydrogen-bond acceptors (Lipinski definition) is 7. The van der Waals surface area contributed by atoms with Crippen LogP contribution in [-0.4, -0.2) is 74.6 Å². The Labute approximate surface area is 280 Å². The summed E-state index contributed by atoms with van der Waals surface area (Å²) in [6.45, 7) is 6.54. The number of carbonyl (C=O) groups excluding carboxylic acids is 3. The monoisotopic (exact) mass is 672 g/mol. The maximum absolute atomic E-state index is 14.3. The number of alkyl halides is 3. The van der Waals surface area contributed by atoms with Crippen molar-refractivity contribution >= 4 is 23.5 Å². The minimum atomic E-state index is -4.79. The van der Waals surface area contributed by atoms with Crippen LogP contribution in [0.1, 0.15) is 59.2 Å². The molecule has 2 aromatic heterocycles. The van der Waals surface area contributed by atoms with E-state index in [4.69, 9.17) is 0 Å². The van der Waals surface area contributed by atoms with Gasteiger partial charge in [-0.25, -0.2) is 14.6 Å². The largest absolute Gasteiger partial charge is 0.433 e. The van der Waals surface area contributed by atoms with Gasteiger partial charge >= 0.3 is 6.18 Å². The van der Waals surface area contributed by atoms with Crippen LogP contribution in [0.15, 0.2) is 84.7 Å². The van der Waals surface area contributed by atoms with Crippen molar-refractivity contribution in [2.45, 2.75) is 44.9 Å². The summed E-state index contributed by atoms with van der Waals surface area (Å²) < 4.78 is 41.9. The lowest BCUT2D eigenvalue weighted by molar-refractivity contribution is -0.141. The number of likely N-dealkylation sites (tertiary alicyclic amines) is 1. The van der Waals surface area contributed by atoms with Gasteiger partial charge in [0.1, 0.15) is 17.6 Å². The third kappa shape index (κ3) is 6.95. The predicted molar refractivity (Wildman–Crippen MR) is 175 cm³/mol. The summed E-state index contributed by atoms with van der Waals surface area (Å²) in [6, 6.07) is 16.0. The van der Waals surface area contributed by atoms with Crippen LogP contribution in [0.2, 0.25) is 0 Å². The molecule has 11 nitrogen and oxygen atoms in total. The van der Waals surface area contributed by atoms with Crippen molar-refractivity contribution in [2.75, 3.05) is 31.1 Å². The molecule has 3 amide bonds. The van der Waals surface area contributed by atoms with Gasteiger partial charge in [0.2, 0.25) is 11.7 Å². The molecular formula is C35H35F3N8O3. The van der Waals surface area contributed by atoms with E-state index in [-0.39, 0.29) is 19.0 Å². The Balaban J connectivity index is 1.36. The second-order valence-corrected chi connectivity index (χ2v) is 11.8. The highest BCUT2D eigenvalue weighted by Gasteiger charge is 2.45. The number of benzene rings is 2. The Kier molecular flexibility index (Phi) is 9.58. The van der Waals surface area contributed by atoms with Gasteiger partial charge in [-0.2, -0.15) is 18.3 Å². The summed E-state index contributed by atoms with van der Waals surface area (Å²) in [5.74, 6) is -2.71. The smallest absolute Gasteiger partial charge is 0.348 e. The molecule has 1 saturated heterocycles. The highest BCUT2D eigenvalue weighted by atomic mass is 19.4. The van der Waals surface area contributed by atoms with E-state index in [1.807, 2.05) is 55.5 Å². The molecule has 49 heavy (non-hydrogen) atoms. The second kappa shape index (κ2) is 14.0. The zero-order chi connectivity index (χ0) is 34.7. The van der Waals surface area contributed by atoms with E-state index in [1.54, 1.807) is 29.9 Å². The van der Waals surface area contributed by atoms with Gasteiger partial charge in [0.15, 0.2) is 0 Å².